The fourth-order valence-electron chi connectivity index (χ4n) is 3.46. The van der Waals surface area contributed by atoms with E-state index in [0.29, 0.717) is 5.69 Å². The Morgan fingerprint density at radius 1 is 0.969 bits per heavy atom. The molecule has 0 aliphatic heterocycles. The fourth-order valence-corrected chi connectivity index (χ4v) is 3.46. The van der Waals surface area contributed by atoms with Crippen molar-refractivity contribution in [1.82, 2.24) is 9.78 Å². The molecule has 32 heavy (non-hydrogen) atoms. The SMILES string of the molecule is CC(Nc1ccc(NC(=O)c2cn(C)nc2-c2ccc(F)cc2F)cc1)c1ccccc1. The Morgan fingerprint density at radius 2 is 1.66 bits per heavy atom. The molecule has 4 aromatic rings. The number of carbonyl (C=O) groups excluding carboxylic acids is 1. The van der Waals surface area contributed by atoms with E-state index in [1.165, 1.54) is 22.5 Å². The zero-order valence-electron chi connectivity index (χ0n) is 17.6. The van der Waals surface area contributed by atoms with Gasteiger partial charge in [-0.1, -0.05) is 30.3 Å². The Hall–Kier alpha value is -4.00. The van der Waals surface area contributed by atoms with Gasteiger partial charge in [0.25, 0.3) is 5.91 Å². The van der Waals surface area contributed by atoms with Gasteiger partial charge in [0.2, 0.25) is 0 Å². The van der Waals surface area contributed by atoms with Crippen molar-refractivity contribution in [3.63, 3.8) is 0 Å². The fraction of sp³-hybridized carbons (Fsp3) is 0.120. The summed E-state index contributed by atoms with van der Waals surface area (Å²) in [7, 11) is 1.63. The molecule has 4 rings (SSSR count). The molecule has 0 spiro atoms. The van der Waals surface area contributed by atoms with Gasteiger partial charge in [-0.05, 0) is 48.9 Å². The summed E-state index contributed by atoms with van der Waals surface area (Å²) in [6.07, 6.45) is 1.50. The van der Waals surface area contributed by atoms with Gasteiger partial charge >= 0.3 is 0 Å². The van der Waals surface area contributed by atoms with E-state index in [-0.39, 0.29) is 22.9 Å². The standard InChI is InChI=1S/C25H22F2N4O/c1-16(17-6-4-3-5-7-17)28-19-9-11-20(12-10-19)29-25(32)22-15-31(2)30-24(22)21-13-8-18(26)14-23(21)27/h3-16,28H,1-2H3,(H,29,32). The summed E-state index contributed by atoms with van der Waals surface area (Å²) < 4.78 is 29.0. The van der Waals surface area contributed by atoms with E-state index in [0.717, 1.165) is 17.8 Å². The average molecular weight is 432 g/mol. The number of nitrogens with one attached hydrogen (secondary N) is 2. The number of rotatable bonds is 6. The molecule has 1 amide bonds. The summed E-state index contributed by atoms with van der Waals surface area (Å²) in [6.45, 7) is 2.07. The second-order valence-corrected chi connectivity index (χ2v) is 7.50. The minimum Gasteiger partial charge on any atom is -0.379 e. The third-order valence-corrected chi connectivity index (χ3v) is 5.09. The molecule has 162 valence electrons. The molecule has 0 bridgehead atoms. The van der Waals surface area contributed by atoms with Crippen LogP contribution >= 0.6 is 0 Å². The largest absolute Gasteiger partial charge is 0.379 e. The molecular formula is C25H22F2N4O. The van der Waals surface area contributed by atoms with Crippen LogP contribution in [0.1, 0.15) is 28.9 Å². The first-order valence-corrected chi connectivity index (χ1v) is 10.1. The minimum absolute atomic E-state index is 0.0617. The Bertz CT molecular complexity index is 1240. The molecular weight excluding hydrogens is 410 g/mol. The van der Waals surface area contributed by atoms with Crippen LogP contribution < -0.4 is 10.6 Å². The summed E-state index contributed by atoms with van der Waals surface area (Å²) in [5.41, 5.74) is 3.07. The predicted octanol–water partition coefficient (Wildman–Crippen LogP) is 5.79. The van der Waals surface area contributed by atoms with E-state index in [2.05, 4.69) is 34.8 Å². The highest BCUT2D eigenvalue weighted by atomic mass is 19.1. The molecule has 0 fully saturated rings. The third kappa shape index (κ3) is 4.67. The van der Waals surface area contributed by atoms with Crippen molar-refractivity contribution in [2.75, 3.05) is 10.6 Å². The molecule has 7 heteroatoms. The van der Waals surface area contributed by atoms with Crippen LogP contribution in [0, 0.1) is 11.6 Å². The average Bonchev–Trinajstić information content (AvgIpc) is 3.17. The minimum atomic E-state index is -0.777. The monoisotopic (exact) mass is 432 g/mol. The third-order valence-electron chi connectivity index (χ3n) is 5.09. The Balaban J connectivity index is 1.49. The number of hydrogen-bond acceptors (Lipinski definition) is 3. The summed E-state index contributed by atoms with van der Waals surface area (Å²) in [6, 6.07) is 20.7. The molecule has 1 aromatic heterocycles. The summed E-state index contributed by atoms with van der Waals surface area (Å²) in [5, 5.41) is 10.4. The van der Waals surface area contributed by atoms with Gasteiger partial charge in [-0.3, -0.25) is 9.48 Å². The van der Waals surface area contributed by atoms with Crippen LogP contribution in [0.2, 0.25) is 0 Å². The molecule has 3 aromatic carbocycles. The first kappa shape index (κ1) is 21.2. The number of halogens is 2. The van der Waals surface area contributed by atoms with Crippen molar-refractivity contribution < 1.29 is 13.6 Å². The number of aryl methyl sites for hydroxylation is 1. The topological polar surface area (TPSA) is 58.9 Å². The molecule has 1 unspecified atom stereocenters. The quantitative estimate of drug-likeness (QED) is 0.405. The number of anilines is 2. The molecule has 0 saturated heterocycles. The zero-order chi connectivity index (χ0) is 22.7. The lowest BCUT2D eigenvalue weighted by Gasteiger charge is -2.16. The van der Waals surface area contributed by atoms with Gasteiger partial charge in [-0.25, -0.2) is 8.78 Å². The van der Waals surface area contributed by atoms with Crippen LogP contribution in [-0.2, 0) is 7.05 Å². The van der Waals surface area contributed by atoms with Crippen LogP contribution in [0.5, 0.6) is 0 Å². The van der Waals surface area contributed by atoms with Crippen LogP contribution in [0.15, 0.2) is 79.0 Å². The predicted molar refractivity (Wildman–Crippen MR) is 121 cm³/mol. The smallest absolute Gasteiger partial charge is 0.259 e. The van der Waals surface area contributed by atoms with E-state index in [4.69, 9.17) is 0 Å². The molecule has 5 nitrogen and oxygen atoms in total. The van der Waals surface area contributed by atoms with Crippen molar-refractivity contribution in [3.05, 3.63) is 102 Å². The maximum absolute atomic E-state index is 14.3. The van der Waals surface area contributed by atoms with E-state index in [1.807, 2.05) is 30.3 Å². The lowest BCUT2D eigenvalue weighted by Crippen LogP contribution is -2.12. The number of carbonyl (C=O) groups is 1. The molecule has 0 aliphatic rings. The summed E-state index contributed by atoms with van der Waals surface area (Å²) >= 11 is 0. The Labute approximate surface area is 184 Å². The van der Waals surface area contributed by atoms with Crippen LogP contribution in [0.4, 0.5) is 20.2 Å². The van der Waals surface area contributed by atoms with Crippen LogP contribution in [0.3, 0.4) is 0 Å². The maximum atomic E-state index is 14.3. The van der Waals surface area contributed by atoms with Crippen molar-refractivity contribution in [3.8, 4) is 11.3 Å². The molecule has 2 N–H and O–H groups in total. The molecule has 1 atom stereocenters. The van der Waals surface area contributed by atoms with Gasteiger partial charge in [-0.15, -0.1) is 0 Å². The zero-order valence-corrected chi connectivity index (χ0v) is 17.6. The number of aromatic nitrogens is 2. The van der Waals surface area contributed by atoms with Gasteiger partial charge in [0, 0.05) is 42.3 Å². The number of amides is 1. The summed E-state index contributed by atoms with van der Waals surface area (Å²) in [5.74, 6) is -1.90. The van der Waals surface area contributed by atoms with E-state index < -0.39 is 17.5 Å². The Kier molecular flexibility index (Phi) is 5.98. The lowest BCUT2D eigenvalue weighted by atomic mass is 10.1. The van der Waals surface area contributed by atoms with Crippen molar-refractivity contribution in [2.24, 2.45) is 7.05 Å². The van der Waals surface area contributed by atoms with Crippen LogP contribution in [0.25, 0.3) is 11.3 Å². The van der Waals surface area contributed by atoms with E-state index >= 15 is 0 Å². The second kappa shape index (κ2) is 9.01. The van der Waals surface area contributed by atoms with Gasteiger partial charge in [0.05, 0.1) is 5.56 Å². The van der Waals surface area contributed by atoms with E-state index in [1.54, 1.807) is 19.2 Å². The van der Waals surface area contributed by atoms with Crippen LogP contribution in [-0.4, -0.2) is 15.7 Å². The highest BCUT2D eigenvalue weighted by molar-refractivity contribution is 6.08. The molecule has 1 heterocycles. The van der Waals surface area contributed by atoms with Crippen molar-refractivity contribution >= 4 is 17.3 Å². The van der Waals surface area contributed by atoms with Gasteiger partial charge in [0.1, 0.15) is 17.3 Å². The second-order valence-electron chi connectivity index (χ2n) is 7.50. The van der Waals surface area contributed by atoms with Gasteiger partial charge in [0.15, 0.2) is 0 Å². The molecule has 0 radical (unpaired) electrons. The first-order chi connectivity index (χ1) is 15.4. The Morgan fingerprint density at radius 3 is 2.34 bits per heavy atom. The van der Waals surface area contributed by atoms with Crippen molar-refractivity contribution in [1.29, 1.82) is 0 Å². The molecule has 0 saturated carbocycles. The normalized spacial score (nSPS) is 11.8. The highest BCUT2D eigenvalue weighted by Gasteiger charge is 2.20. The van der Waals surface area contributed by atoms with Crippen molar-refractivity contribution in [2.45, 2.75) is 13.0 Å². The maximum Gasteiger partial charge on any atom is 0.259 e. The summed E-state index contributed by atoms with van der Waals surface area (Å²) in [4.78, 5) is 12.9. The number of nitrogens with zero attached hydrogens (tertiary/aromatic N) is 2. The first-order valence-electron chi connectivity index (χ1n) is 10.1. The van der Waals surface area contributed by atoms with E-state index in [9.17, 15) is 13.6 Å². The van der Waals surface area contributed by atoms with Gasteiger partial charge < -0.3 is 10.6 Å². The molecule has 0 aliphatic carbocycles. The number of benzene rings is 3. The van der Waals surface area contributed by atoms with Gasteiger partial charge in [-0.2, -0.15) is 5.10 Å². The highest BCUT2D eigenvalue weighted by Crippen LogP contribution is 2.27. The number of hydrogen-bond donors (Lipinski definition) is 2. The lowest BCUT2D eigenvalue weighted by molar-refractivity contribution is 0.102.